The van der Waals surface area contributed by atoms with Gasteiger partial charge in [-0.05, 0) is 48.3 Å². The van der Waals surface area contributed by atoms with E-state index in [2.05, 4.69) is 10.3 Å². The van der Waals surface area contributed by atoms with Crippen LogP contribution in [0.2, 0.25) is 0 Å². The fourth-order valence-electron chi connectivity index (χ4n) is 4.30. The third kappa shape index (κ3) is 4.70. The molecular weight excluding hydrogens is 414 g/mol. The minimum Gasteiger partial charge on any atom is -0.368 e. The first-order valence-corrected chi connectivity index (χ1v) is 11.6. The highest BCUT2D eigenvalue weighted by Crippen LogP contribution is 2.28. The Bertz CT molecular complexity index is 959. The third-order valence-electron chi connectivity index (χ3n) is 5.76. The van der Waals surface area contributed by atoms with Crippen molar-refractivity contribution in [1.29, 1.82) is 0 Å². The standard InChI is InChI=1S/C23H27N3O4S/c1-14(2)9-17(23(29)26-8-4-6-19-21(26)18(27)12-30-19)25-22(28)20-10-16(13-31-20)15-5-3-7-24-11-15/h3,5,7,10-11,13-14,17,19,21H,4,6,8-9,12H2,1-2H3,(H,25,28). The van der Waals surface area contributed by atoms with E-state index in [1.165, 1.54) is 11.3 Å². The fourth-order valence-corrected chi connectivity index (χ4v) is 5.12. The maximum absolute atomic E-state index is 13.4. The van der Waals surface area contributed by atoms with Crippen molar-refractivity contribution in [3.05, 3.63) is 40.8 Å². The van der Waals surface area contributed by atoms with Crippen molar-refractivity contribution in [3.8, 4) is 11.1 Å². The number of nitrogens with zero attached hydrogens (tertiary/aromatic N) is 2. The number of carbonyl (C=O) groups is 3. The molecule has 4 heterocycles. The third-order valence-corrected chi connectivity index (χ3v) is 6.69. The Morgan fingerprint density at radius 2 is 2.19 bits per heavy atom. The zero-order chi connectivity index (χ0) is 22.0. The van der Waals surface area contributed by atoms with Gasteiger partial charge in [-0.25, -0.2) is 0 Å². The van der Waals surface area contributed by atoms with Gasteiger partial charge in [-0.15, -0.1) is 11.3 Å². The second-order valence-electron chi connectivity index (χ2n) is 8.53. The molecule has 2 aromatic rings. The van der Waals surface area contributed by atoms with E-state index >= 15 is 0 Å². The van der Waals surface area contributed by atoms with E-state index in [-0.39, 0.29) is 36.2 Å². The number of thiophene rings is 1. The summed E-state index contributed by atoms with van der Waals surface area (Å²) in [5, 5.41) is 4.85. The van der Waals surface area contributed by atoms with Crippen LogP contribution in [0.15, 0.2) is 36.0 Å². The smallest absolute Gasteiger partial charge is 0.262 e. The average Bonchev–Trinajstić information content (AvgIpc) is 3.41. The molecule has 3 atom stereocenters. The van der Waals surface area contributed by atoms with Crippen molar-refractivity contribution < 1.29 is 19.1 Å². The first-order chi connectivity index (χ1) is 14.9. The number of pyridine rings is 1. The molecule has 0 saturated carbocycles. The molecule has 0 aliphatic carbocycles. The summed E-state index contributed by atoms with van der Waals surface area (Å²) in [4.78, 5) is 45.0. The molecule has 0 aromatic carbocycles. The number of hydrogen-bond acceptors (Lipinski definition) is 6. The molecule has 2 aromatic heterocycles. The molecule has 0 spiro atoms. The monoisotopic (exact) mass is 441 g/mol. The number of nitrogens with one attached hydrogen (secondary N) is 1. The van der Waals surface area contributed by atoms with Crippen molar-refractivity contribution in [2.75, 3.05) is 13.2 Å². The largest absolute Gasteiger partial charge is 0.368 e. The van der Waals surface area contributed by atoms with Crippen molar-refractivity contribution in [3.63, 3.8) is 0 Å². The predicted octanol–water partition coefficient (Wildman–Crippen LogP) is 2.91. The normalized spacial score (nSPS) is 21.8. The van der Waals surface area contributed by atoms with Gasteiger partial charge in [-0.2, -0.15) is 0 Å². The molecule has 2 fully saturated rings. The van der Waals surface area contributed by atoms with Gasteiger partial charge in [0.15, 0.2) is 5.78 Å². The summed E-state index contributed by atoms with van der Waals surface area (Å²) in [7, 11) is 0. The summed E-state index contributed by atoms with van der Waals surface area (Å²) in [5.74, 6) is -0.312. The Hall–Kier alpha value is -2.58. The van der Waals surface area contributed by atoms with E-state index in [9.17, 15) is 14.4 Å². The van der Waals surface area contributed by atoms with Gasteiger partial charge >= 0.3 is 0 Å². The molecule has 2 saturated heterocycles. The van der Waals surface area contributed by atoms with Gasteiger partial charge in [0.25, 0.3) is 5.91 Å². The lowest BCUT2D eigenvalue weighted by atomic mass is 9.95. The Morgan fingerprint density at radius 1 is 1.35 bits per heavy atom. The zero-order valence-electron chi connectivity index (χ0n) is 17.7. The van der Waals surface area contributed by atoms with Gasteiger partial charge < -0.3 is 15.0 Å². The number of hydrogen-bond donors (Lipinski definition) is 1. The van der Waals surface area contributed by atoms with Crippen LogP contribution in [0, 0.1) is 5.92 Å². The molecule has 31 heavy (non-hydrogen) atoms. The molecule has 0 bridgehead atoms. The van der Waals surface area contributed by atoms with Gasteiger partial charge in [-0.1, -0.05) is 19.9 Å². The number of aromatic nitrogens is 1. The number of ketones is 1. The zero-order valence-corrected chi connectivity index (χ0v) is 18.6. The lowest BCUT2D eigenvalue weighted by molar-refractivity contribution is -0.142. The first-order valence-electron chi connectivity index (χ1n) is 10.7. The van der Waals surface area contributed by atoms with Crippen LogP contribution in [-0.2, 0) is 14.3 Å². The fraction of sp³-hybridized carbons (Fsp3) is 0.478. The van der Waals surface area contributed by atoms with Crippen LogP contribution in [0.4, 0.5) is 0 Å². The van der Waals surface area contributed by atoms with Crippen molar-refractivity contribution in [2.24, 2.45) is 5.92 Å². The van der Waals surface area contributed by atoms with E-state index in [0.29, 0.717) is 17.8 Å². The van der Waals surface area contributed by atoms with Gasteiger partial charge in [0.1, 0.15) is 18.7 Å². The Labute approximate surface area is 185 Å². The predicted molar refractivity (Wildman–Crippen MR) is 118 cm³/mol. The molecule has 2 aliphatic rings. The van der Waals surface area contributed by atoms with Crippen LogP contribution in [0.1, 0.15) is 42.8 Å². The van der Waals surface area contributed by atoms with Crippen LogP contribution in [0.25, 0.3) is 11.1 Å². The van der Waals surface area contributed by atoms with Crippen LogP contribution in [0.5, 0.6) is 0 Å². The topological polar surface area (TPSA) is 88.6 Å². The van der Waals surface area contributed by atoms with Crippen LogP contribution >= 0.6 is 11.3 Å². The second kappa shape index (κ2) is 9.28. The molecule has 1 N–H and O–H groups in total. The Kier molecular flexibility index (Phi) is 6.48. The number of likely N-dealkylation sites (tertiary alicyclic amines) is 1. The van der Waals surface area contributed by atoms with E-state index in [0.717, 1.165) is 24.0 Å². The summed E-state index contributed by atoms with van der Waals surface area (Å²) in [6, 6.07) is 4.41. The van der Waals surface area contributed by atoms with Crippen molar-refractivity contribution in [2.45, 2.75) is 51.3 Å². The van der Waals surface area contributed by atoms with Crippen LogP contribution < -0.4 is 5.32 Å². The number of Topliss-reactive ketones (excluding diaryl/α,β-unsaturated/α-hetero) is 1. The molecule has 2 aliphatic heterocycles. The van der Waals surface area contributed by atoms with E-state index < -0.39 is 12.1 Å². The van der Waals surface area contributed by atoms with Crippen molar-refractivity contribution >= 4 is 28.9 Å². The summed E-state index contributed by atoms with van der Waals surface area (Å²) in [6.07, 6.45) is 5.32. The molecule has 4 rings (SSSR count). The molecular formula is C23H27N3O4S. The van der Waals surface area contributed by atoms with E-state index in [1.54, 1.807) is 17.3 Å². The van der Waals surface area contributed by atoms with Crippen LogP contribution in [0.3, 0.4) is 0 Å². The molecule has 8 heteroatoms. The summed E-state index contributed by atoms with van der Waals surface area (Å²) < 4.78 is 5.57. The van der Waals surface area contributed by atoms with Gasteiger partial charge in [0, 0.05) is 24.5 Å². The summed E-state index contributed by atoms with van der Waals surface area (Å²) in [6.45, 7) is 4.61. The average molecular weight is 442 g/mol. The maximum atomic E-state index is 13.4. The van der Waals surface area contributed by atoms with Crippen molar-refractivity contribution in [1.82, 2.24) is 15.2 Å². The first kappa shape index (κ1) is 21.6. The Balaban J connectivity index is 1.50. The van der Waals surface area contributed by atoms with Gasteiger partial charge in [0.2, 0.25) is 5.91 Å². The molecule has 164 valence electrons. The summed E-state index contributed by atoms with van der Waals surface area (Å²) in [5.41, 5.74) is 1.86. The molecule has 0 radical (unpaired) electrons. The van der Waals surface area contributed by atoms with E-state index in [1.807, 2.05) is 37.4 Å². The lowest BCUT2D eigenvalue weighted by Crippen LogP contribution is -2.58. The SMILES string of the molecule is CC(C)CC(NC(=O)c1cc(-c2cccnc2)cs1)C(=O)N1CCCC2OCC(=O)C21. The van der Waals surface area contributed by atoms with Gasteiger partial charge in [-0.3, -0.25) is 19.4 Å². The molecule has 3 unspecified atom stereocenters. The molecule has 7 nitrogen and oxygen atoms in total. The second-order valence-corrected chi connectivity index (χ2v) is 9.44. The highest BCUT2D eigenvalue weighted by atomic mass is 32.1. The number of fused-ring (bicyclic) bond motifs is 1. The highest BCUT2D eigenvalue weighted by Gasteiger charge is 2.45. The van der Waals surface area contributed by atoms with Crippen LogP contribution in [-0.4, -0.2) is 58.8 Å². The number of ether oxygens (including phenoxy) is 1. The number of piperidine rings is 1. The molecule has 2 amide bonds. The minimum atomic E-state index is -0.677. The quantitative estimate of drug-likeness (QED) is 0.745. The minimum absolute atomic E-state index is 0.0490. The van der Waals surface area contributed by atoms with E-state index in [4.69, 9.17) is 4.74 Å². The number of rotatable bonds is 6. The highest BCUT2D eigenvalue weighted by molar-refractivity contribution is 7.12. The van der Waals surface area contributed by atoms with Gasteiger partial charge in [0.05, 0.1) is 11.0 Å². The Morgan fingerprint density at radius 3 is 2.94 bits per heavy atom. The summed E-state index contributed by atoms with van der Waals surface area (Å²) >= 11 is 1.34. The lowest BCUT2D eigenvalue weighted by Gasteiger charge is -2.37. The maximum Gasteiger partial charge on any atom is 0.262 e. The number of carbonyl (C=O) groups excluding carboxylic acids is 3. The number of amides is 2.